The van der Waals surface area contributed by atoms with Gasteiger partial charge in [-0.3, -0.25) is 4.79 Å². The van der Waals surface area contributed by atoms with Crippen LogP contribution in [0.25, 0.3) is 0 Å². The molecule has 5 nitrogen and oxygen atoms in total. The quantitative estimate of drug-likeness (QED) is 0.719. The van der Waals surface area contributed by atoms with Crippen LogP contribution in [-0.2, 0) is 6.42 Å². The predicted molar refractivity (Wildman–Crippen MR) is 74.9 cm³/mol. The van der Waals surface area contributed by atoms with E-state index < -0.39 is 0 Å². The zero-order valence-corrected chi connectivity index (χ0v) is 11.1. The zero-order chi connectivity index (χ0) is 13.5. The van der Waals surface area contributed by atoms with E-state index in [-0.39, 0.29) is 12.5 Å². The number of rotatable bonds is 4. The number of aromatic nitrogens is 2. The summed E-state index contributed by atoms with van der Waals surface area (Å²) >= 11 is 1.38. The number of carbonyl (C=O) groups excluding carboxylic acids is 1. The molecule has 0 aliphatic carbocycles. The van der Waals surface area contributed by atoms with E-state index in [0.717, 1.165) is 11.4 Å². The van der Waals surface area contributed by atoms with Crippen LogP contribution in [0, 0.1) is 11.8 Å². The third kappa shape index (κ3) is 3.68. The molecule has 0 aliphatic rings. The van der Waals surface area contributed by atoms with Crippen molar-refractivity contribution in [2.45, 2.75) is 6.42 Å². The Labute approximate surface area is 115 Å². The molecule has 0 unspecified atom stereocenters. The number of hydrogen-bond donors (Lipinski definition) is 3. The minimum Gasteiger partial charge on any atom is -0.351 e. The SMILES string of the molecule is NCC#Cc1ccsc1C(=O)NCCc1ncc[nH]1. The lowest BCUT2D eigenvalue weighted by Crippen LogP contribution is -2.25. The highest BCUT2D eigenvalue weighted by Gasteiger charge is 2.11. The molecule has 0 aromatic carbocycles. The maximum absolute atomic E-state index is 12.0. The van der Waals surface area contributed by atoms with Crippen LogP contribution in [-0.4, -0.2) is 29.0 Å². The molecule has 0 saturated carbocycles. The molecule has 2 aromatic rings. The third-order valence-electron chi connectivity index (χ3n) is 2.40. The number of imidazole rings is 1. The highest BCUT2D eigenvalue weighted by atomic mass is 32.1. The van der Waals surface area contributed by atoms with Crippen LogP contribution in [0.2, 0.25) is 0 Å². The Hall–Kier alpha value is -2.10. The number of aromatic amines is 1. The molecule has 2 rings (SSSR count). The van der Waals surface area contributed by atoms with Crippen molar-refractivity contribution in [3.05, 3.63) is 40.1 Å². The first-order chi connectivity index (χ1) is 9.31. The first-order valence-corrected chi connectivity index (χ1v) is 6.72. The Morgan fingerprint density at radius 3 is 3.21 bits per heavy atom. The molecule has 4 N–H and O–H groups in total. The summed E-state index contributed by atoms with van der Waals surface area (Å²) in [6, 6.07) is 1.83. The van der Waals surface area contributed by atoms with Gasteiger partial charge in [-0.25, -0.2) is 4.98 Å². The molecule has 2 heterocycles. The lowest BCUT2D eigenvalue weighted by molar-refractivity contribution is 0.0958. The van der Waals surface area contributed by atoms with Gasteiger partial charge in [-0.15, -0.1) is 11.3 Å². The summed E-state index contributed by atoms with van der Waals surface area (Å²) in [6.45, 7) is 0.823. The minimum atomic E-state index is -0.108. The number of thiophene rings is 1. The smallest absolute Gasteiger partial charge is 0.262 e. The van der Waals surface area contributed by atoms with Crippen LogP contribution in [0.1, 0.15) is 21.1 Å². The average molecular weight is 274 g/mol. The highest BCUT2D eigenvalue weighted by molar-refractivity contribution is 7.12. The van der Waals surface area contributed by atoms with Crippen LogP contribution in [0.4, 0.5) is 0 Å². The fourth-order valence-electron chi connectivity index (χ4n) is 1.54. The van der Waals surface area contributed by atoms with Gasteiger partial charge in [-0.05, 0) is 11.4 Å². The number of nitrogens with zero attached hydrogens (tertiary/aromatic N) is 1. The second kappa shape index (κ2) is 6.73. The van der Waals surface area contributed by atoms with Gasteiger partial charge in [-0.1, -0.05) is 11.8 Å². The van der Waals surface area contributed by atoms with E-state index in [9.17, 15) is 4.79 Å². The Morgan fingerprint density at radius 2 is 2.47 bits per heavy atom. The van der Waals surface area contributed by atoms with Crippen LogP contribution in [0.3, 0.4) is 0 Å². The second-order valence-electron chi connectivity index (χ2n) is 3.71. The van der Waals surface area contributed by atoms with Gasteiger partial charge in [0.15, 0.2) is 0 Å². The van der Waals surface area contributed by atoms with E-state index in [4.69, 9.17) is 5.73 Å². The highest BCUT2D eigenvalue weighted by Crippen LogP contribution is 2.15. The molecule has 0 spiro atoms. The second-order valence-corrected chi connectivity index (χ2v) is 4.63. The molecular formula is C13H14N4OS. The Bertz CT molecular complexity index is 592. The van der Waals surface area contributed by atoms with Gasteiger partial charge in [0.2, 0.25) is 0 Å². The summed E-state index contributed by atoms with van der Waals surface area (Å²) in [4.78, 5) is 19.7. The Morgan fingerprint density at radius 1 is 1.58 bits per heavy atom. The maximum Gasteiger partial charge on any atom is 0.262 e. The van der Waals surface area contributed by atoms with Gasteiger partial charge in [0.25, 0.3) is 5.91 Å². The Kier molecular flexibility index (Phi) is 4.72. The minimum absolute atomic E-state index is 0.108. The van der Waals surface area contributed by atoms with Gasteiger partial charge in [0.05, 0.1) is 6.54 Å². The monoisotopic (exact) mass is 274 g/mol. The molecule has 0 fully saturated rings. The van der Waals surface area contributed by atoms with Gasteiger partial charge >= 0.3 is 0 Å². The summed E-state index contributed by atoms with van der Waals surface area (Å²) in [5.74, 6) is 6.40. The number of hydrogen-bond acceptors (Lipinski definition) is 4. The zero-order valence-electron chi connectivity index (χ0n) is 10.3. The van der Waals surface area contributed by atoms with Crippen molar-refractivity contribution in [3.8, 4) is 11.8 Å². The van der Waals surface area contributed by atoms with Crippen molar-refractivity contribution in [2.75, 3.05) is 13.1 Å². The summed E-state index contributed by atoms with van der Waals surface area (Å²) in [5.41, 5.74) is 6.05. The van der Waals surface area contributed by atoms with Gasteiger partial charge in [0.1, 0.15) is 10.7 Å². The maximum atomic E-state index is 12.0. The lowest BCUT2D eigenvalue weighted by atomic mass is 10.2. The predicted octanol–water partition coefficient (Wildman–Crippen LogP) is 0.754. The van der Waals surface area contributed by atoms with E-state index in [1.54, 1.807) is 12.4 Å². The number of carbonyl (C=O) groups is 1. The van der Waals surface area contributed by atoms with Crippen molar-refractivity contribution in [2.24, 2.45) is 5.73 Å². The first-order valence-electron chi connectivity index (χ1n) is 5.84. The van der Waals surface area contributed by atoms with E-state index in [1.807, 2.05) is 11.4 Å². The van der Waals surface area contributed by atoms with Crippen LogP contribution >= 0.6 is 11.3 Å². The number of nitrogens with two attached hydrogens (primary N) is 1. The van der Waals surface area contributed by atoms with Crippen molar-refractivity contribution in [1.29, 1.82) is 0 Å². The van der Waals surface area contributed by atoms with E-state index in [2.05, 4.69) is 27.1 Å². The Balaban J connectivity index is 1.91. The number of nitrogens with one attached hydrogen (secondary N) is 2. The standard InChI is InChI=1S/C13H14N4OS/c14-5-1-2-10-4-9-19-12(10)13(18)17-6-3-11-15-7-8-16-11/h4,7-9H,3,5-6,14H2,(H,15,16)(H,17,18). The molecule has 0 radical (unpaired) electrons. The van der Waals surface area contributed by atoms with E-state index in [1.165, 1.54) is 11.3 Å². The van der Waals surface area contributed by atoms with Gasteiger partial charge in [0, 0.05) is 30.9 Å². The van der Waals surface area contributed by atoms with Crippen molar-refractivity contribution in [1.82, 2.24) is 15.3 Å². The van der Waals surface area contributed by atoms with Crippen molar-refractivity contribution < 1.29 is 4.79 Å². The number of amides is 1. The molecule has 0 aliphatic heterocycles. The molecule has 0 atom stereocenters. The largest absolute Gasteiger partial charge is 0.351 e. The molecule has 0 bridgehead atoms. The fourth-order valence-corrected chi connectivity index (χ4v) is 2.30. The summed E-state index contributed by atoms with van der Waals surface area (Å²) < 4.78 is 0. The summed E-state index contributed by atoms with van der Waals surface area (Å²) in [5, 5.41) is 4.70. The van der Waals surface area contributed by atoms with E-state index in [0.29, 0.717) is 17.8 Å². The fraction of sp³-hybridized carbons (Fsp3) is 0.231. The normalized spacial score (nSPS) is 9.74. The summed E-state index contributed by atoms with van der Waals surface area (Å²) in [6.07, 6.45) is 4.13. The molecule has 2 aromatic heterocycles. The summed E-state index contributed by atoms with van der Waals surface area (Å²) in [7, 11) is 0. The molecule has 6 heteroatoms. The van der Waals surface area contributed by atoms with Crippen molar-refractivity contribution in [3.63, 3.8) is 0 Å². The van der Waals surface area contributed by atoms with Crippen LogP contribution < -0.4 is 11.1 Å². The van der Waals surface area contributed by atoms with Gasteiger partial charge < -0.3 is 16.0 Å². The average Bonchev–Trinajstić information content (AvgIpc) is 3.07. The van der Waals surface area contributed by atoms with Gasteiger partial charge in [-0.2, -0.15) is 0 Å². The topological polar surface area (TPSA) is 83.8 Å². The molecular weight excluding hydrogens is 260 g/mol. The van der Waals surface area contributed by atoms with Crippen LogP contribution in [0.5, 0.6) is 0 Å². The lowest BCUT2D eigenvalue weighted by Gasteiger charge is -2.02. The van der Waals surface area contributed by atoms with E-state index >= 15 is 0 Å². The molecule has 98 valence electrons. The molecule has 1 amide bonds. The van der Waals surface area contributed by atoms with Crippen LogP contribution in [0.15, 0.2) is 23.8 Å². The molecule has 0 saturated heterocycles. The third-order valence-corrected chi connectivity index (χ3v) is 3.31. The first kappa shape index (κ1) is 13.3. The van der Waals surface area contributed by atoms with Crippen molar-refractivity contribution >= 4 is 17.2 Å². The molecule has 19 heavy (non-hydrogen) atoms. The number of H-pyrrole nitrogens is 1.